The second kappa shape index (κ2) is 6.01. The number of aromatic hydroxyl groups is 2. The Morgan fingerprint density at radius 1 is 0.857 bits per heavy atom. The van der Waals surface area contributed by atoms with Crippen molar-refractivity contribution in [1.82, 2.24) is 0 Å². The summed E-state index contributed by atoms with van der Waals surface area (Å²) in [7, 11) is 0. The molecule has 0 heterocycles. The second-order valence-corrected chi connectivity index (χ2v) is 7.40. The molecular weight excluding hydrogens is 396 g/mol. The Labute approximate surface area is 142 Å². The van der Waals surface area contributed by atoms with Gasteiger partial charge in [0.05, 0.1) is 8.95 Å². The second-order valence-electron chi connectivity index (χ2n) is 5.69. The molecule has 2 aromatic rings. The van der Waals surface area contributed by atoms with E-state index in [0.29, 0.717) is 14.9 Å². The number of rotatable bonds is 3. The molecule has 2 rings (SSSR count). The average Bonchev–Trinajstić information content (AvgIpc) is 2.43. The Balaban J connectivity index is 2.64. The molecule has 0 spiro atoms. The van der Waals surface area contributed by atoms with E-state index in [-0.39, 0.29) is 16.9 Å². The predicted octanol–water partition coefficient (Wildman–Crippen LogP) is 5.58. The summed E-state index contributed by atoms with van der Waals surface area (Å²) in [6.07, 6.45) is 0. The zero-order chi connectivity index (χ0) is 15.8. The van der Waals surface area contributed by atoms with Crippen molar-refractivity contribution < 1.29 is 10.2 Å². The summed E-state index contributed by atoms with van der Waals surface area (Å²) < 4.78 is 1.37. The SMILES string of the molecule is CC(C)C(C)(c1ccc(O)c(Br)c1)c1ccc(O)c(Br)c1. The van der Waals surface area contributed by atoms with Gasteiger partial charge in [0, 0.05) is 5.41 Å². The molecule has 0 aromatic heterocycles. The van der Waals surface area contributed by atoms with Gasteiger partial charge in [-0.05, 0) is 73.2 Å². The Morgan fingerprint density at radius 3 is 1.52 bits per heavy atom. The molecule has 0 saturated heterocycles. The lowest BCUT2D eigenvalue weighted by atomic mass is 9.68. The summed E-state index contributed by atoms with van der Waals surface area (Å²) in [5, 5.41) is 19.4. The molecule has 0 aliphatic carbocycles. The van der Waals surface area contributed by atoms with Crippen LogP contribution in [0, 0.1) is 5.92 Å². The van der Waals surface area contributed by atoms with Gasteiger partial charge in [-0.25, -0.2) is 0 Å². The van der Waals surface area contributed by atoms with Gasteiger partial charge in [0.25, 0.3) is 0 Å². The van der Waals surface area contributed by atoms with E-state index in [9.17, 15) is 10.2 Å². The topological polar surface area (TPSA) is 40.5 Å². The minimum absolute atomic E-state index is 0.230. The number of halogens is 2. The van der Waals surface area contributed by atoms with Crippen molar-refractivity contribution in [2.24, 2.45) is 5.92 Å². The van der Waals surface area contributed by atoms with Crippen LogP contribution >= 0.6 is 31.9 Å². The largest absolute Gasteiger partial charge is 0.507 e. The molecule has 0 atom stereocenters. The predicted molar refractivity (Wildman–Crippen MR) is 92.9 cm³/mol. The van der Waals surface area contributed by atoms with Crippen molar-refractivity contribution in [3.8, 4) is 11.5 Å². The molecule has 2 nitrogen and oxygen atoms in total. The van der Waals surface area contributed by atoms with Crippen molar-refractivity contribution in [2.45, 2.75) is 26.2 Å². The van der Waals surface area contributed by atoms with Gasteiger partial charge >= 0.3 is 0 Å². The van der Waals surface area contributed by atoms with Crippen molar-refractivity contribution >= 4 is 31.9 Å². The molecule has 0 saturated carbocycles. The third-order valence-electron chi connectivity index (χ3n) is 4.25. The van der Waals surface area contributed by atoms with Crippen molar-refractivity contribution in [2.75, 3.05) is 0 Å². The molecule has 0 unspecified atom stereocenters. The minimum atomic E-state index is -0.230. The van der Waals surface area contributed by atoms with Crippen LogP contribution in [0.1, 0.15) is 31.9 Å². The fraction of sp³-hybridized carbons (Fsp3) is 0.294. The van der Waals surface area contributed by atoms with Crippen LogP contribution in [-0.2, 0) is 5.41 Å². The van der Waals surface area contributed by atoms with E-state index in [1.165, 1.54) is 0 Å². The van der Waals surface area contributed by atoms with E-state index >= 15 is 0 Å². The lowest BCUT2D eigenvalue weighted by Crippen LogP contribution is -2.30. The van der Waals surface area contributed by atoms with Crippen LogP contribution in [0.4, 0.5) is 0 Å². The van der Waals surface area contributed by atoms with Crippen LogP contribution in [0.3, 0.4) is 0 Å². The Bertz CT molecular complexity index is 614. The first-order valence-electron chi connectivity index (χ1n) is 6.74. The van der Waals surface area contributed by atoms with Gasteiger partial charge in [0.15, 0.2) is 0 Å². The molecule has 112 valence electrons. The molecule has 0 aliphatic heterocycles. The standard InChI is InChI=1S/C17H18Br2O2/c1-10(2)17(3,11-4-6-15(20)13(18)8-11)12-5-7-16(21)14(19)9-12/h4-10,20-21H,1-3H3. The highest BCUT2D eigenvalue weighted by Gasteiger charge is 2.33. The fourth-order valence-electron chi connectivity index (χ4n) is 2.49. The van der Waals surface area contributed by atoms with Crippen molar-refractivity contribution in [1.29, 1.82) is 0 Å². The summed E-state index contributed by atoms with van der Waals surface area (Å²) in [6, 6.07) is 11.2. The van der Waals surface area contributed by atoms with E-state index in [1.54, 1.807) is 12.1 Å². The highest BCUT2D eigenvalue weighted by Crippen LogP contribution is 2.42. The van der Waals surface area contributed by atoms with Crippen LogP contribution < -0.4 is 0 Å². The third-order valence-corrected chi connectivity index (χ3v) is 5.52. The van der Waals surface area contributed by atoms with Gasteiger partial charge < -0.3 is 10.2 Å². The van der Waals surface area contributed by atoms with Crippen LogP contribution in [0.5, 0.6) is 11.5 Å². The normalized spacial score (nSPS) is 11.9. The lowest BCUT2D eigenvalue weighted by molar-refractivity contribution is 0.402. The van der Waals surface area contributed by atoms with E-state index in [4.69, 9.17) is 0 Å². The lowest BCUT2D eigenvalue weighted by Gasteiger charge is -2.35. The minimum Gasteiger partial charge on any atom is -0.507 e. The highest BCUT2D eigenvalue weighted by molar-refractivity contribution is 9.10. The highest BCUT2D eigenvalue weighted by atomic mass is 79.9. The average molecular weight is 414 g/mol. The van der Waals surface area contributed by atoms with Crippen molar-refractivity contribution in [3.63, 3.8) is 0 Å². The molecule has 2 N–H and O–H groups in total. The molecule has 2 aromatic carbocycles. The van der Waals surface area contributed by atoms with Crippen LogP contribution in [0.15, 0.2) is 45.3 Å². The van der Waals surface area contributed by atoms with Gasteiger partial charge in [-0.1, -0.05) is 32.9 Å². The van der Waals surface area contributed by atoms with E-state index in [1.807, 2.05) is 24.3 Å². The zero-order valence-corrected chi connectivity index (χ0v) is 15.4. The number of phenols is 2. The number of hydrogen-bond acceptors (Lipinski definition) is 2. The fourth-order valence-corrected chi connectivity index (χ4v) is 3.25. The maximum absolute atomic E-state index is 9.71. The van der Waals surface area contributed by atoms with Crippen LogP contribution in [-0.4, -0.2) is 10.2 Å². The van der Waals surface area contributed by atoms with Gasteiger partial charge in [-0.15, -0.1) is 0 Å². The molecule has 0 radical (unpaired) electrons. The van der Waals surface area contributed by atoms with Gasteiger partial charge in [-0.2, -0.15) is 0 Å². The molecule has 0 fully saturated rings. The van der Waals surface area contributed by atoms with Crippen molar-refractivity contribution in [3.05, 3.63) is 56.5 Å². The maximum Gasteiger partial charge on any atom is 0.129 e. The summed E-state index contributed by atoms with van der Waals surface area (Å²) in [5.74, 6) is 0.805. The van der Waals surface area contributed by atoms with E-state index < -0.39 is 0 Å². The zero-order valence-electron chi connectivity index (χ0n) is 12.2. The molecule has 0 bridgehead atoms. The quantitative estimate of drug-likeness (QED) is 0.688. The number of benzene rings is 2. The Morgan fingerprint density at radius 2 is 1.24 bits per heavy atom. The van der Waals surface area contributed by atoms with E-state index in [0.717, 1.165) is 11.1 Å². The summed E-state index contributed by atoms with van der Waals surface area (Å²) in [5.41, 5.74) is 1.99. The van der Waals surface area contributed by atoms with Crippen LogP contribution in [0.2, 0.25) is 0 Å². The molecular formula is C17H18Br2O2. The number of hydrogen-bond donors (Lipinski definition) is 2. The smallest absolute Gasteiger partial charge is 0.129 e. The summed E-state index contributed by atoms with van der Waals surface area (Å²) in [4.78, 5) is 0. The van der Waals surface area contributed by atoms with Gasteiger partial charge in [-0.3, -0.25) is 0 Å². The monoisotopic (exact) mass is 412 g/mol. The third kappa shape index (κ3) is 2.97. The molecule has 21 heavy (non-hydrogen) atoms. The van der Waals surface area contributed by atoms with Crippen LogP contribution in [0.25, 0.3) is 0 Å². The molecule has 0 amide bonds. The Hall–Kier alpha value is -1.00. The first-order chi connectivity index (χ1) is 9.76. The first-order valence-corrected chi connectivity index (χ1v) is 8.33. The van der Waals surface area contributed by atoms with E-state index in [2.05, 4.69) is 52.6 Å². The maximum atomic E-state index is 9.71. The van der Waals surface area contributed by atoms with Gasteiger partial charge in [0.2, 0.25) is 0 Å². The van der Waals surface area contributed by atoms with Gasteiger partial charge in [0.1, 0.15) is 11.5 Å². The Kier molecular flexibility index (Phi) is 4.69. The molecule has 4 heteroatoms. The summed E-state index contributed by atoms with van der Waals surface area (Å²) in [6.45, 7) is 6.51. The summed E-state index contributed by atoms with van der Waals surface area (Å²) >= 11 is 6.77. The first kappa shape index (κ1) is 16.4. The number of phenolic OH excluding ortho intramolecular Hbond substituents is 2. The molecule has 0 aliphatic rings.